The summed E-state index contributed by atoms with van der Waals surface area (Å²) in [6, 6.07) is 0.422. The fraction of sp³-hybridized carbons (Fsp3) is 0.643. The van der Waals surface area contributed by atoms with Crippen LogP contribution in [0.25, 0.3) is 0 Å². The molecular weight excluding hydrogens is 226 g/mol. The number of aryl methyl sites for hydroxylation is 1. The zero-order chi connectivity index (χ0) is 13.6. The van der Waals surface area contributed by atoms with E-state index in [0.717, 1.165) is 24.8 Å². The molecule has 18 heavy (non-hydrogen) atoms. The molecule has 2 atom stereocenters. The van der Waals surface area contributed by atoms with Crippen LogP contribution in [0.1, 0.15) is 38.7 Å². The molecule has 0 aliphatic rings. The molecule has 2 N–H and O–H groups in total. The molecule has 1 heterocycles. The van der Waals surface area contributed by atoms with E-state index < -0.39 is 5.60 Å². The van der Waals surface area contributed by atoms with Gasteiger partial charge < -0.3 is 10.4 Å². The van der Waals surface area contributed by atoms with Crippen LogP contribution in [0.2, 0.25) is 0 Å². The average molecular weight is 251 g/mol. The summed E-state index contributed by atoms with van der Waals surface area (Å²) in [5.74, 6) is 0. The van der Waals surface area contributed by atoms with Gasteiger partial charge in [-0.2, -0.15) is 5.10 Å². The molecule has 1 rings (SSSR count). The lowest BCUT2D eigenvalue weighted by Crippen LogP contribution is -2.40. The topological polar surface area (TPSA) is 50.1 Å². The predicted octanol–water partition coefficient (Wildman–Crippen LogP) is 1.96. The number of hydrogen-bond acceptors (Lipinski definition) is 3. The van der Waals surface area contributed by atoms with Crippen LogP contribution in [0.5, 0.6) is 0 Å². The van der Waals surface area contributed by atoms with E-state index in [1.165, 1.54) is 0 Å². The largest absolute Gasteiger partial charge is 0.384 e. The molecule has 1 aromatic heterocycles. The molecule has 4 nitrogen and oxygen atoms in total. The molecule has 0 aliphatic carbocycles. The molecule has 102 valence electrons. The predicted molar refractivity (Wildman–Crippen MR) is 74.3 cm³/mol. The number of allylic oxidation sites excluding steroid dienone is 1. The van der Waals surface area contributed by atoms with Crippen molar-refractivity contribution in [2.45, 2.75) is 44.8 Å². The fourth-order valence-electron chi connectivity index (χ4n) is 1.91. The second-order valence-electron chi connectivity index (χ2n) is 5.03. The van der Waals surface area contributed by atoms with Crippen molar-refractivity contribution in [3.63, 3.8) is 0 Å². The third kappa shape index (κ3) is 4.27. The molecule has 0 radical (unpaired) electrons. The summed E-state index contributed by atoms with van der Waals surface area (Å²) in [6.45, 7) is 8.24. The minimum Gasteiger partial charge on any atom is -0.384 e. The molecule has 0 saturated heterocycles. The smallest absolute Gasteiger partial charge is 0.102 e. The first-order chi connectivity index (χ1) is 8.49. The van der Waals surface area contributed by atoms with Crippen LogP contribution in [0.15, 0.2) is 25.0 Å². The van der Waals surface area contributed by atoms with Gasteiger partial charge in [0.05, 0.1) is 6.20 Å². The van der Waals surface area contributed by atoms with E-state index in [9.17, 15) is 5.11 Å². The molecule has 4 heteroatoms. The Morgan fingerprint density at radius 3 is 2.89 bits per heavy atom. The molecule has 2 unspecified atom stereocenters. The zero-order valence-corrected chi connectivity index (χ0v) is 11.7. The summed E-state index contributed by atoms with van der Waals surface area (Å²) in [6.07, 6.45) is 8.61. The highest BCUT2D eigenvalue weighted by Crippen LogP contribution is 2.19. The number of aliphatic hydroxyl groups is 1. The number of aromatic nitrogens is 2. The Morgan fingerprint density at radius 1 is 1.67 bits per heavy atom. The SMILES string of the molecule is C=CCCC(CC)NCC(C)(O)c1cnn(C)c1. The summed E-state index contributed by atoms with van der Waals surface area (Å²) >= 11 is 0. The van der Waals surface area contributed by atoms with Gasteiger partial charge in [-0.05, 0) is 26.2 Å². The van der Waals surface area contributed by atoms with Crippen molar-refractivity contribution in [3.05, 3.63) is 30.6 Å². The number of hydrogen-bond donors (Lipinski definition) is 2. The van der Waals surface area contributed by atoms with Gasteiger partial charge >= 0.3 is 0 Å². The van der Waals surface area contributed by atoms with Crippen molar-refractivity contribution >= 4 is 0 Å². The van der Waals surface area contributed by atoms with Crippen molar-refractivity contribution in [1.29, 1.82) is 0 Å². The lowest BCUT2D eigenvalue weighted by Gasteiger charge is -2.26. The van der Waals surface area contributed by atoms with Gasteiger partial charge in [0.25, 0.3) is 0 Å². The first-order valence-corrected chi connectivity index (χ1v) is 6.55. The minimum absolute atomic E-state index is 0.422. The van der Waals surface area contributed by atoms with Crippen molar-refractivity contribution in [2.24, 2.45) is 7.05 Å². The monoisotopic (exact) mass is 251 g/mol. The summed E-state index contributed by atoms with van der Waals surface area (Å²) in [5, 5.41) is 17.9. The van der Waals surface area contributed by atoms with Crippen LogP contribution in [0.3, 0.4) is 0 Å². The Kier molecular flexibility index (Phi) is 5.56. The van der Waals surface area contributed by atoms with Crippen molar-refractivity contribution < 1.29 is 5.11 Å². The van der Waals surface area contributed by atoms with Crippen molar-refractivity contribution in [2.75, 3.05) is 6.54 Å². The van der Waals surface area contributed by atoms with Crippen LogP contribution in [-0.2, 0) is 12.6 Å². The minimum atomic E-state index is -0.879. The molecule has 1 aromatic rings. The lowest BCUT2D eigenvalue weighted by atomic mass is 9.98. The van der Waals surface area contributed by atoms with Gasteiger partial charge in [0, 0.05) is 31.4 Å². The Hall–Kier alpha value is -1.13. The van der Waals surface area contributed by atoms with Crippen LogP contribution >= 0.6 is 0 Å². The standard InChI is InChI=1S/C14H25N3O/c1-5-7-8-13(6-2)15-11-14(3,18)12-9-16-17(4)10-12/h5,9-10,13,15,18H,1,6-8,11H2,2-4H3. The number of rotatable bonds is 8. The summed E-state index contributed by atoms with van der Waals surface area (Å²) in [5.41, 5.74) is -0.0355. The van der Waals surface area contributed by atoms with E-state index in [2.05, 4.69) is 23.9 Å². The second kappa shape index (κ2) is 6.71. The highest BCUT2D eigenvalue weighted by molar-refractivity contribution is 5.14. The maximum Gasteiger partial charge on any atom is 0.102 e. The Balaban J connectivity index is 2.52. The molecule has 0 spiro atoms. The van der Waals surface area contributed by atoms with E-state index >= 15 is 0 Å². The number of nitrogens with zero attached hydrogens (tertiary/aromatic N) is 2. The maximum atomic E-state index is 10.4. The molecule has 0 bridgehead atoms. The average Bonchev–Trinajstić information content (AvgIpc) is 2.77. The maximum absolute atomic E-state index is 10.4. The lowest BCUT2D eigenvalue weighted by molar-refractivity contribution is 0.0532. The second-order valence-corrected chi connectivity index (χ2v) is 5.03. The van der Waals surface area contributed by atoms with E-state index in [4.69, 9.17) is 0 Å². The molecule has 0 saturated carbocycles. The normalized spacial score (nSPS) is 16.2. The zero-order valence-electron chi connectivity index (χ0n) is 11.7. The van der Waals surface area contributed by atoms with Crippen LogP contribution < -0.4 is 5.32 Å². The van der Waals surface area contributed by atoms with Crippen LogP contribution in [0.4, 0.5) is 0 Å². The van der Waals surface area contributed by atoms with Gasteiger partial charge in [-0.15, -0.1) is 6.58 Å². The summed E-state index contributed by atoms with van der Waals surface area (Å²) in [7, 11) is 1.85. The number of nitrogens with one attached hydrogen (secondary N) is 1. The Labute approximate surface area is 110 Å². The summed E-state index contributed by atoms with van der Waals surface area (Å²) in [4.78, 5) is 0. The fourth-order valence-corrected chi connectivity index (χ4v) is 1.91. The first-order valence-electron chi connectivity index (χ1n) is 6.55. The third-order valence-electron chi connectivity index (χ3n) is 3.27. The summed E-state index contributed by atoms with van der Waals surface area (Å²) < 4.78 is 1.71. The molecular formula is C14H25N3O. The van der Waals surface area contributed by atoms with Gasteiger partial charge in [-0.1, -0.05) is 13.0 Å². The van der Waals surface area contributed by atoms with Gasteiger partial charge in [-0.25, -0.2) is 0 Å². The first kappa shape index (κ1) is 14.9. The van der Waals surface area contributed by atoms with E-state index in [-0.39, 0.29) is 0 Å². The Bertz CT molecular complexity index is 371. The van der Waals surface area contributed by atoms with Crippen LogP contribution in [0, 0.1) is 0 Å². The van der Waals surface area contributed by atoms with E-state index in [1.54, 1.807) is 10.9 Å². The van der Waals surface area contributed by atoms with Gasteiger partial charge in [-0.3, -0.25) is 4.68 Å². The molecule has 0 aromatic carbocycles. The third-order valence-corrected chi connectivity index (χ3v) is 3.27. The Morgan fingerprint density at radius 2 is 2.39 bits per heavy atom. The van der Waals surface area contributed by atoms with Gasteiger partial charge in [0.1, 0.15) is 5.60 Å². The van der Waals surface area contributed by atoms with E-state index in [0.29, 0.717) is 12.6 Å². The highest BCUT2D eigenvalue weighted by Gasteiger charge is 2.25. The van der Waals surface area contributed by atoms with E-state index in [1.807, 2.05) is 26.2 Å². The molecule has 0 aliphatic heterocycles. The molecule has 0 amide bonds. The van der Waals surface area contributed by atoms with Gasteiger partial charge in [0.2, 0.25) is 0 Å². The molecule has 0 fully saturated rings. The van der Waals surface area contributed by atoms with Crippen LogP contribution in [-0.4, -0.2) is 27.5 Å². The van der Waals surface area contributed by atoms with Gasteiger partial charge in [0.15, 0.2) is 0 Å². The highest BCUT2D eigenvalue weighted by atomic mass is 16.3. The van der Waals surface area contributed by atoms with Crippen molar-refractivity contribution in [3.8, 4) is 0 Å². The van der Waals surface area contributed by atoms with Crippen molar-refractivity contribution in [1.82, 2.24) is 15.1 Å². The quantitative estimate of drug-likeness (QED) is 0.694.